The lowest BCUT2D eigenvalue weighted by Gasteiger charge is -2.07. The van der Waals surface area contributed by atoms with Gasteiger partial charge in [-0.25, -0.2) is 4.98 Å². The molecule has 1 heterocycles. The van der Waals surface area contributed by atoms with E-state index in [0.717, 1.165) is 6.54 Å². The number of hydrogen-bond donors (Lipinski definition) is 0. The zero-order valence-electron chi connectivity index (χ0n) is 6.25. The second-order valence-electron chi connectivity index (χ2n) is 3.55. The Morgan fingerprint density at radius 3 is 2.90 bits per heavy atom. The number of rotatable bonds is 2. The van der Waals surface area contributed by atoms with Crippen molar-refractivity contribution in [2.24, 2.45) is 5.41 Å². The third-order valence-electron chi connectivity index (χ3n) is 2.23. The molecular weight excluding hydrogens is 124 g/mol. The molecule has 0 saturated heterocycles. The summed E-state index contributed by atoms with van der Waals surface area (Å²) in [6, 6.07) is 0. The lowest BCUT2D eigenvalue weighted by atomic mass is 10.1. The van der Waals surface area contributed by atoms with Crippen molar-refractivity contribution >= 4 is 0 Å². The molecule has 54 valence electrons. The highest BCUT2D eigenvalue weighted by molar-refractivity contribution is 4.90. The van der Waals surface area contributed by atoms with Crippen molar-refractivity contribution in [2.45, 2.75) is 26.3 Å². The van der Waals surface area contributed by atoms with Gasteiger partial charge in [-0.3, -0.25) is 0 Å². The van der Waals surface area contributed by atoms with Gasteiger partial charge in [-0.1, -0.05) is 6.92 Å². The predicted molar refractivity (Wildman–Crippen MR) is 39.6 cm³/mol. The fourth-order valence-electron chi connectivity index (χ4n) is 1.19. The normalized spacial score (nSPS) is 20.9. The summed E-state index contributed by atoms with van der Waals surface area (Å²) in [6.45, 7) is 3.47. The van der Waals surface area contributed by atoms with E-state index in [1.54, 1.807) is 0 Å². The van der Waals surface area contributed by atoms with Crippen molar-refractivity contribution in [2.75, 3.05) is 0 Å². The van der Waals surface area contributed by atoms with E-state index in [1.165, 1.54) is 12.8 Å². The van der Waals surface area contributed by atoms with Crippen LogP contribution in [-0.2, 0) is 6.54 Å². The zero-order chi connectivity index (χ0) is 7.03. The third-order valence-corrected chi connectivity index (χ3v) is 2.23. The van der Waals surface area contributed by atoms with Gasteiger partial charge in [0, 0.05) is 18.9 Å². The monoisotopic (exact) mass is 136 g/mol. The largest absolute Gasteiger partial charge is 0.337 e. The third kappa shape index (κ3) is 1.06. The summed E-state index contributed by atoms with van der Waals surface area (Å²) >= 11 is 0. The highest BCUT2D eigenvalue weighted by Crippen LogP contribution is 2.46. The van der Waals surface area contributed by atoms with Crippen molar-refractivity contribution in [3.63, 3.8) is 0 Å². The van der Waals surface area contributed by atoms with Gasteiger partial charge in [0.1, 0.15) is 0 Å². The van der Waals surface area contributed by atoms with Crippen molar-refractivity contribution in [3.8, 4) is 0 Å². The molecule has 0 aliphatic heterocycles. The van der Waals surface area contributed by atoms with Crippen molar-refractivity contribution in [3.05, 3.63) is 18.7 Å². The van der Waals surface area contributed by atoms with Gasteiger partial charge in [-0.2, -0.15) is 0 Å². The molecule has 0 bridgehead atoms. The molecule has 1 fully saturated rings. The first-order chi connectivity index (χ1) is 4.79. The summed E-state index contributed by atoms with van der Waals surface area (Å²) in [5, 5.41) is 0. The SMILES string of the molecule is CC1(Cn2ccnc2)CC1. The van der Waals surface area contributed by atoms with E-state index >= 15 is 0 Å². The molecule has 2 nitrogen and oxygen atoms in total. The first kappa shape index (κ1) is 5.96. The second kappa shape index (κ2) is 1.84. The molecule has 10 heavy (non-hydrogen) atoms. The minimum atomic E-state index is 0.598. The molecule has 2 heteroatoms. The summed E-state index contributed by atoms with van der Waals surface area (Å²) in [7, 11) is 0. The molecule has 1 aromatic rings. The standard InChI is InChI=1S/C8H12N2/c1-8(2-3-8)6-10-5-4-9-7-10/h4-5,7H,2-3,6H2,1H3. The molecule has 0 amide bonds. The Kier molecular flexibility index (Phi) is 1.10. The zero-order valence-corrected chi connectivity index (χ0v) is 6.25. The van der Waals surface area contributed by atoms with Crippen LogP contribution in [0.3, 0.4) is 0 Å². The van der Waals surface area contributed by atoms with Crippen LogP contribution in [0.2, 0.25) is 0 Å². The van der Waals surface area contributed by atoms with E-state index in [9.17, 15) is 0 Å². The van der Waals surface area contributed by atoms with Crippen LogP contribution in [-0.4, -0.2) is 9.55 Å². The molecule has 0 unspecified atom stereocenters. The molecule has 2 rings (SSSR count). The fourth-order valence-corrected chi connectivity index (χ4v) is 1.19. The summed E-state index contributed by atoms with van der Waals surface area (Å²) in [5.41, 5.74) is 0.598. The maximum atomic E-state index is 4.00. The van der Waals surface area contributed by atoms with Crippen LogP contribution in [0.4, 0.5) is 0 Å². The van der Waals surface area contributed by atoms with E-state index in [2.05, 4.69) is 16.5 Å². The van der Waals surface area contributed by atoms with Gasteiger partial charge in [0.2, 0.25) is 0 Å². The van der Waals surface area contributed by atoms with Gasteiger partial charge in [-0.15, -0.1) is 0 Å². The van der Waals surface area contributed by atoms with Gasteiger partial charge in [0.25, 0.3) is 0 Å². The molecule has 0 atom stereocenters. The lowest BCUT2D eigenvalue weighted by molar-refractivity contribution is 0.464. The molecule has 1 aromatic heterocycles. The van der Waals surface area contributed by atoms with E-state index < -0.39 is 0 Å². The van der Waals surface area contributed by atoms with Crippen LogP contribution in [0.5, 0.6) is 0 Å². The summed E-state index contributed by atoms with van der Waals surface area (Å²) < 4.78 is 2.16. The average Bonchev–Trinajstić information content (AvgIpc) is 2.47. The molecule has 0 aromatic carbocycles. The van der Waals surface area contributed by atoms with Crippen molar-refractivity contribution < 1.29 is 0 Å². The summed E-state index contributed by atoms with van der Waals surface area (Å²) in [4.78, 5) is 4.00. The van der Waals surface area contributed by atoms with Crippen LogP contribution in [0.15, 0.2) is 18.7 Å². The Morgan fingerprint density at radius 1 is 1.60 bits per heavy atom. The van der Waals surface area contributed by atoms with Gasteiger partial charge >= 0.3 is 0 Å². The Labute approximate surface area is 60.9 Å². The van der Waals surface area contributed by atoms with E-state index in [-0.39, 0.29) is 0 Å². The maximum absolute atomic E-state index is 4.00. The molecule has 0 radical (unpaired) electrons. The van der Waals surface area contributed by atoms with Gasteiger partial charge in [-0.05, 0) is 18.3 Å². The van der Waals surface area contributed by atoms with Crippen LogP contribution in [0.25, 0.3) is 0 Å². The quantitative estimate of drug-likeness (QED) is 0.605. The molecule has 0 spiro atoms. The van der Waals surface area contributed by atoms with Crippen LogP contribution in [0, 0.1) is 5.41 Å². The topological polar surface area (TPSA) is 17.8 Å². The minimum absolute atomic E-state index is 0.598. The Bertz CT molecular complexity index is 209. The highest BCUT2D eigenvalue weighted by Gasteiger charge is 2.37. The summed E-state index contributed by atoms with van der Waals surface area (Å²) in [6.07, 6.45) is 8.52. The molecule has 1 aliphatic carbocycles. The van der Waals surface area contributed by atoms with Crippen LogP contribution in [0.1, 0.15) is 19.8 Å². The smallest absolute Gasteiger partial charge is 0.0946 e. The number of nitrogens with zero attached hydrogens (tertiary/aromatic N) is 2. The van der Waals surface area contributed by atoms with Crippen molar-refractivity contribution in [1.29, 1.82) is 0 Å². The Hall–Kier alpha value is -0.790. The van der Waals surface area contributed by atoms with Crippen LogP contribution >= 0.6 is 0 Å². The molecule has 1 aliphatic rings. The average molecular weight is 136 g/mol. The van der Waals surface area contributed by atoms with Gasteiger partial charge < -0.3 is 4.57 Å². The first-order valence-electron chi connectivity index (χ1n) is 3.74. The minimum Gasteiger partial charge on any atom is -0.337 e. The van der Waals surface area contributed by atoms with E-state index in [1.807, 2.05) is 18.7 Å². The molecule has 0 N–H and O–H groups in total. The number of aromatic nitrogens is 2. The lowest BCUT2D eigenvalue weighted by Crippen LogP contribution is -2.05. The van der Waals surface area contributed by atoms with Gasteiger partial charge in [0.15, 0.2) is 0 Å². The number of imidazole rings is 1. The van der Waals surface area contributed by atoms with Gasteiger partial charge in [0.05, 0.1) is 6.33 Å². The van der Waals surface area contributed by atoms with E-state index in [4.69, 9.17) is 0 Å². The van der Waals surface area contributed by atoms with E-state index in [0.29, 0.717) is 5.41 Å². The van der Waals surface area contributed by atoms with Crippen LogP contribution < -0.4 is 0 Å². The number of hydrogen-bond acceptors (Lipinski definition) is 1. The predicted octanol–water partition coefficient (Wildman–Crippen LogP) is 1.68. The first-order valence-corrected chi connectivity index (χ1v) is 3.74. The second-order valence-corrected chi connectivity index (χ2v) is 3.55. The molecular formula is C8H12N2. The fraction of sp³-hybridized carbons (Fsp3) is 0.625. The Balaban J connectivity index is 2.04. The maximum Gasteiger partial charge on any atom is 0.0946 e. The summed E-state index contributed by atoms with van der Waals surface area (Å²) in [5.74, 6) is 0. The molecule has 1 saturated carbocycles. The Morgan fingerprint density at radius 2 is 2.40 bits per heavy atom. The highest BCUT2D eigenvalue weighted by atomic mass is 15.0. The van der Waals surface area contributed by atoms with Crippen molar-refractivity contribution in [1.82, 2.24) is 9.55 Å².